The fourth-order valence-electron chi connectivity index (χ4n) is 0.842. The topological polar surface area (TPSA) is 38.1 Å². The fourth-order valence-corrected chi connectivity index (χ4v) is 0.842. The molecule has 0 spiro atoms. The molecule has 0 radical (unpaired) electrons. The molecule has 0 aliphatic rings. The fraction of sp³-hybridized carbons (Fsp3) is 0.250. The summed E-state index contributed by atoms with van der Waals surface area (Å²) in [7, 11) is 1.70. The van der Waals surface area contributed by atoms with Crippen molar-refractivity contribution >= 4 is 6.03 Å². The van der Waals surface area contributed by atoms with Crippen LogP contribution in [0.5, 0.6) is 0 Å². The molecule has 0 saturated carbocycles. The Kier molecular flexibility index (Phi) is 2.63. The van der Waals surface area contributed by atoms with E-state index < -0.39 is 0 Å². The Morgan fingerprint density at radius 3 is 2.92 bits per heavy atom. The number of hydrogen-bond acceptors (Lipinski definition) is 2. The summed E-state index contributed by atoms with van der Waals surface area (Å²) in [4.78, 5) is 16.7. The van der Waals surface area contributed by atoms with Crippen LogP contribution in [0, 0.1) is 0 Å². The van der Waals surface area contributed by atoms with E-state index in [0.717, 1.165) is 0 Å². The van der Waals surface area contributed by atoms with E-state index in [1.54, 1.807) is 31.7 Å². The molecule has 0 bridgehead atoms. The molecule has 0 aliphatic carbocycles. The van der Waals surface area contributed by atoms with Crippen molar-refractivity contribution in [2.75, 3.05) is 7.05 Å². The van der Waals surface area contributed by atoms with Crippen molar-refractivity contribution in [2.24, 2.45) is 0 Å². The summed E-state index contributed by atoms with van der Waals surface area (Å²) in [6.07, 6.45) is 8.16. The summed E-state index contributed by atoms with van der Waals surface area (Å²) in [5, 5.41) is 0. The average Bonchev–Trinajstić information content (AvgIpc) is 2.55. The molecule has 1 aromatic rings. The van der Waals surface area contributed by atoms with Crippen molar-refractivity contribution in [1.82, 2.24) is 14.5 Å². The third kappa shape index (κ3) is 1.72. The second-order valence-electron chi connectivity index (χ2n) is 2.35. The highest BCUT2D eigenvalue weighted by atomic mass is 16.2. The molecule has 0 unspecified atom stereocenters. The van der Waals surface area contributed by atoms with Gasteiger partial charge in [-0.15, -0.1) is 0 Å². The van der Waals surface area contributed by atoms with E-state index in [4.69, 9.17) is 0 Å². The number of rotatable bonds is 1. The Bertz CT molecular complexity index is 277. The lowest BCUT2D eigenvalue weighted by Gasteiger charge is -2.10. The highest BCUT2D eigenvalue weighted by Gasteiger charge is 2.05. The third-order valence-corrected chi connectivity index (χ3v) is 1.40. The molecular formula is C8H11N3O. The SMILES string of the molecule is CC=CN(C)C(=O)n1ccnc1. The number of hydrogen-bond donors (Lipinski definition) is 0. The molecule has 0 saturated heterocycles. The number of aromatic nitrogens is 2. The average molecular weight is 165 g/mol. The quantitative estimate of drug-likeness (QED) is 0.629. The van der Waals surface area contributed by atoms with Gasteiger partial charge in [0.1, 0.15) is 6.33 Å². The lowest BCUT2D eigenvalue weighted by Crippen LogP contribution is -2.25. The number of amides is 1. The van der Waals surface area contributed by atoms with Gasteiger partial charge >= 0.3 is 6.03 Å². The maximum atomic E-state index is 11.4. The maximum absolute atomic E-state index is 11.4. The van der Waals surface area contributed by atoms with Crippen molar-refractivity contribution in [3.05, 3.63) is 31.0 Å². The zero-order valence-corrected chi connectivity index (χ0v) is 7.14. The van der Waals surface area contributed by atoms with E-state index in [9.17, 15) is 4.79 Å². The first-order valence-corrected chi connectivity index (χ1v) is 3.63. The molecule has 0 aliphatic heterocycles. The van der Waals surface area contributed by atoms with E-state index in [-0.39, 0.29) is 6.03 Å². The number of allylic oxidation sites excluding steroid dienone is 1. The van der Waals surface area contributed by atoms with Crippen molar-refractivity contribution in [2.45, 2.75) is 6.92 Å². The number of carbonyl (C=O) groups is 1. The normalized spacial score (nSPS) is 10.5. The lowest BCUT2D eigenvalue weighted by molar-refractivity contribution is 0.224. The van der Waals surface area contributed by atoms with Crippen LogP contribution < -0.4 is 0 Å². The first-order valence-electron chi connectivity index (χ1n) is 3.63. The molecule has 4 heteroatoms. The minimum absolute atomic E-state index is 0.120. The van der Waals surface area contributed by atoms with Crippen molar-refractivity contribution in [3.8, 4) is 0 Å². The predicted molar refractivity (Wildman–Crippen MR) is 45.6 cm³/mol. The molecule has 0 fully saturated rings. The second kappa shape index (κ2) is 3.71. The van der Waals surface area contributed by atoms with E-state index in [0.29, 0.717) is 0 Å². The number of nitrogens with zero attached hydrogens (tertiary/aromatic N) is 3. The largest absolute Gasteiger partial charge is 0.333 e. The predicted octanol–water partition coefficient (Wildman–Crippen LogP) is 1.32. The van der Waals surface area contributed by atoms with Gasteiger partial charge in [-0.3, -0.25) is 4.57 Å². The van der Waals surface area contributed by atoms with Crippen LogP contribution in [0.25, 0.3) is 0 Å². The van der Waals surface area contributed by atoms with Gasteiger partial charge in [0.15, 0.2) is 0 Å². The summed E-state index contributed by atoms with van der Waals surface area (Å²) in [6, 6.07) is -0.120. The van der Waals surface area contributed by atoms with Gasteiger partial charge < -0.3 is 4.90 Å². The highest BCUT2D eigenvalue weighted by Crippen LogP contribution is 1.93. The zero-order valence-electron chi connectivity index (χ0n) is 7.14. The Balaban J connectivity index is 2.72. The highest BCUT2D eigenvalue weighted by molar-refractivity contribution is 5.77. The van der Waals surface area contributed by atoms with Crippen LogP contribution in [0.15, 0.2) is 31.0 Å². The molecule has 64 valence electrons. The molecule has 1 aromatic heterocycles. The zero-order chi connectivity index (χ0) is 8.97. The van der Waals surface area contributed by atoms with Crippen LogP contribution in [0.3, 0.4) is 0 Å². The number of carbonyl (C=O) groups excluding carboxylic acids is 1. The molecule has 0 atom stereocenters. The first kappa shape index (κ1) is 8.52. The minimum Gasteiger partial charge on any atom is -0.304 e. The standard InChI is InChI=1S/C8H11N3O/c1-3-5-10(2)8(12)11-6-4-9-7-11/h3-7H,1-2H3. The third-order valence-electron chi connectivity index (χ3n) is 1.40. The van der Waals surface area contributed by atoms with Gasteiger partial charge in [0.25, 0.3) is 0 Å². The maximum Gasteiger partial charge on any atom is 0.333 e. The van der Waals surface area contributed by atoms with Gasteiger partial charge in [-0.25, -0.2) is 9.78 Å². The van der Waals surface area contributed by atoms with Crippen molar-refractivity contribution in [3.63, 3.8) is 0 Å². The summed E-state index contributed by atoms with van der Waals surface area (Å²) < 4.78 is 1.42. The molecule has 4 nitrogen and oxygen atoms in total. The molecule has 1 rings (SSSR count). The Hall–Kier alpha value is -1.58. The minimum atomic E-state index is -0.120. The Labute approximate surface area is 71.1 Å². The van der Waals surface area contributed by atoms with Gasteiger partial charge in [-0.2, -0.15) is 0 Å². The number of imidazole rings is 1. The summed E-state index contributed by atoms with van der Waals surface area (Å²) in [5.41, 5.74) is 0. The summed E-state index contributed by atoms with van der Waals surface area (Å²) >= 11 is 0. The van der Waals surface area contributed by atoms with E-state index in [2.05, 4.69) is 4.98 Å². The molecule has 0 aromatic carbocycles. The molecular weight excluding hydrogens is 154 g/mol. The van der Waals surface area contributed by atoms with Gasteiger partial charge in [0.05, 0.1) is 0 Å². The summed E-state index contributed by atoms with van der Waals surface area (Å²) in [5.74, 6) is 0. The molecule has 1 heterocycles. The smallest absolute Gasteiger partial charge is 0.304 e. The van der Waals surface area contributed by atoms with Crippen LogP contribution in [-0.2, 0) is 0 Å². The van der Waals surface area contributed by atoms with E-state index >= 15 is 0 Å². The van der Waals surface area contributed by atoms with E-state index in [1.165, 1.54) is 15.8 Å². The van der Waals surface area contributed by atoms with Gasteiger partial charge in [-0.1, -0.05) is 6.08 Å². The van der Waals surface area contributed by atoms with Crippen LogP contribution in [0.1, 0.15) is 6.92 Å². The van der Waals surface area contributed by atoms with Gasteiger partial charge in [0, 0.05) is 25.6 Å². The van der Waals surface area contributed by atoms with Crippen LogP contribution in [-0.4, -0.2) is 27.5 Å². The molecule has 1 amide bonds. The van der Waals surface area contributed by atoms with Gasteiger partial charge in [-0.05, 0) is 6.92 Å². The van der Waals surface area contributed by atoms with E-state index in [1.807, 2.05) is 6.92 Å². The van der Waals surface area contributed by atoms with Crippen LogP contribution in [0.2, 0.25) is 0 Å². The van der Waals surface area contributed by atoms with Gasteiger partial charge in [0.2, 0.25) is 0 Å². The molecule has 0 N–H and O–H groups in total. The van der Waals surface area contributed by atoms with Crippen LogP contribution >= 0.6 is 0 Å². The Morgan fingerprint density at radius 2 is 2.42 bits per heavy atom. The second-order valence-corrected chi connectivity index (χ2v) is 2.35. The van der Waals surface area contributed by atoms with Crippen molar-refractivity contribution < 1.29 is 4.79 Å². The summed E-state index contributed by atoms with van der Waals surface area (Å²) in [6.45, 7) is 1.86. The first-order chi connectivity index (χ1) is 5.75. The molecule has 12 heavy (non-hydrogen) atoms. The Morgan fingerprint density at radius 1 is 1.67 bits per heavy atom. The van der Waals surface area contributed by atoms with Crippen molar-refractivity contribution in [1.29, 1.82) is 0 Å². The van der Waals surface area contributed by atoms with Crippen LogP contribution in [0.4, 0.5) is 4.79 Å². The lowest BCUT2D eigenvalue weighted by atomic mass is 10.6. The monoisotopic (exact) mass is 165 g/mol.